The van der Waals surface area contributed by atoms with Crippen molar-refractivity contribution in [1.29, 1.82) is 0 Å². The summed E-state index contributed by atoms with van der Waals surface area (Å²) in [6.45, 7) is 0. The molecule has 0 rings (SSSR count). The molecule has 0 bridgehead atoms. The Morgan fingerprint density at radius 3 is 0.636 bits per heavy atom. The third kappa shape index (κ3) is 2280. The van der Waals surface area contributed by atoms with E-state index in [4.69, 9.17) is 0 Å². The number of hydrogen-bond acceptors (Lipinski definition) is 1. The van der Waals surface area contributed by atoms with Crippen LogP contribution in [-0.2, 0) is 11.8 Å². The van der Waals surface area contributed by atoms with E-state index in [-0.39, 0.29) is 59.4 Å². The van der Waals surface area contributed by atoms with Crippen molar-refractivity contribution < 1.29 is 0 Å². The van der Waals surface area contributed by atoms with Gasteiger partial charge in [-0.3, -0.25) is 0 Å². The molecule has 0 spiro atoms. The lowest BCUT2D eigenvalue weighted by Gasteiger charge is -1.24. The first-order valence-electron chi connectivity index (χ1n) is 0.441. The maximum absolute atomic E-state index is 4.63. The fourth-order valence-electron chi connectivity index (χ4n) is 0. The lowest BCUT2D eigenvalue weighted by atomic mass is 10.8. The van der Waals surface area contributed by atoms with Gasteiger partial charge >= 0.3 is 0 Å². The molecule has 0 nitrogen and oxygen atoms in total. The Balaban J connectivity index is -0.000000000714. The van der Waals surface area contributed by atoms with Crippen LogP contribution in [0.5, 0.6) is 0 Å². The van der Waals surface area contributed by atoms with E-state index in [2.05, 4.69) is 19.4 Å². The molecule has 0 aromatic heterocycles. The lowest BCUT2D eigenvalue weighted by Crippen LogP contribution is -1.07. The van der Waals surface area contributed by atoms with Gasteiger partial charge in [-0.25, -0.2) is 0 Å². The van der Waals surface area contributed by atoms with Gasteiger partial charge in [0.05, 0.1) is 0 Å². The molecule has 0 saturated carbocycles. The van der Waals surface area contributed by atoms with Crippen molar-refractivity contribution in [3.63, 3.8) is 0 Å². The Labute approximate surface area is 86.4 Å². The fraction of sp³-hybridized carbons (Fsp3) is 1.00. The van der Waals surface area contributed by atoms with Crippen LogP contribution in [0.25, 0.3) is 0 Å². The second-order valence-electron chi connectivity index (χ2n) is 0.105. The van der Waals surface area contributed by atoms with Gasteiger partial charge in [-0.1, -0.05) is 78.5 Å². The zero-order valence-electron chi connectivity index (χ0n) is 1.43. The Morgan fingerprint density at radius 1 is 0.636 bits per heavy atom. The first-order valence-corrected chi connectivity index (χ1v) is 2.42. The molecule has 0 saturated heterocycles. The largest absolute Gasteiger partial charge is 0.167 e. The van der Waals surface area contributed by atoms with Gasteiger partial charge in [0, 0.05) is 0 Å². The van der Waals surface area contributed by atoms with Crippen molar-refractivity contribution in [2.24, 2.45) is 0 Å². The van der Waals surface area contributed by atoms with Crippen molar-refractivity contribution in [2.45, 2.75) is 59.4 Å². The number of hydrogen-bond donors (Lipinski definition) is 0. The fourth-order valence-corrected chi connectivity index (χ4v) is 0. The average Bonchev–Trinajstić information content (AvgIpc) is 0.918. The van der Waals surface area contributed by atoms with Gasteiger partial charge in [0.25, 0.3) is 0 Å². The molecule has 0 aliphatic carbocycles. The molecule has 0 aliphatic heterocycles. The summed E-state index contributed by atoms with van der Waals surface area (Å²) in [6.07, 6.45) is 0. The van der Waals surface area contributed by atoms with Crippen molar-refractivity contribution in [3.8, 4) is 0 Å². The highest BCUT2D eigenvalue weighted by atomic mass is 32.4. The van der Waals surface area contributed by atoms with E-state index in [1.165, 1.54) is 0 Å². The molecule has 0 amide bonds. The van der Waals surface area contributed by atoms with Crippen molar-refractivity contribution >= 4 is 26.6 Å². The van der Waals surface area contributed by atoms with E-state index < -0.39 is 0 Å². The quantitative estimate of drug-likeness (QED) is 0.365. The molecule has 0 aliphatic rings. The van der Waals surface area contributed by atoms with E-state index in [1.807, 2.05) is 0 Å². The van der Waals surface area contributed by atoms with Crippen molar-refractivity contribution in [2.75, 3.05) is 0 Å². The summed E-state index contributed by atoms with van der Waals surface area (Å²) in [5, 5.41) is 0. The average molecular weight is 202 g/mol. The Kier molecular flexibility index (Phi) is 6840. The molecular formula is C8H32BPS. The molecule has 78 valence electrons. The Bertz CT molecular complexity index is 21.6. The molecule has 3 heteroatoms. The summed E-state index contributed by atoms with van der Waals surface area (Å²) in [5.41, 5.74) is 0. The normalized spacial score (nSPS) is 1.82. The number of rotatable bonds is 0. The summed E-state index contributed by atoms with van der Waals surface area (Å²) in [7, 11) is 5.13. The van der Waals surface area contributed by atoms with Gasteiger partial charge in [-0.2, -0.15) is 0 Å². The molecular weight excluding hydrogens is 170 g/mol. The first kappa shape index (κ1) is 194. The van der Waals surface area contributed by atoms with Crippen LogP contribution in [0.15, 0.2) is 0 Å². The van der Waals surface area contributed by atoms with Crippen molar-refractivity contribution in [3.05, 3.63) is 0 Å². The zero-order chi connectivity index (χ0) is 2.71. The van der Waals surface area contributed by atoms with Crippen LogP contribution in [0.1, 0.15) is 59.4 Å². The topological polar surface area (TPSA) is 0 Å². The van der Waals surface area contributed by atoms with Gasteiger partial charge in [0.1, 0.15) is 0 Å². The van der Waals surface area contributed by atoms with Crippen LogP contribution in [0.3, 0.4) is 0 Å². The third-order valence-electron chi connectivity index (χ3n) is 0. The smallest absolute Gasteiger partial charge is 0.0948 e. The molecule has 0 aromatic rings. The maximum atomic E-state index is 4.63. The predicted molar refractivity (Wildman–Crippen MR) is 73.9 cm³/mol. The Morgan fingerprint density at radius 2 is 0.636 bits per heavy atom. The minimum Gasteiger partial charge on any atom is -0.0948 e. The minimum atomic E-state index is 0. The second kappa shape index (κ2) is 387. The highest BCUT2D eigenvalue weighted by Gasteiger charge is 1.23. The molecule has 11 heavy (non-hydrogen) atoms. The van der Waals surface area contributed by atoms with Gasteiger partial charge in [0.15, 0.2) is 7.57 Å². The molecule has 0 atom stereocenters. The summed E-state index contributed by atoms with van der Waals surface area (Å²) in [6, 6.07) is 0. The van der Waals surface area contributed by atoms with Gasteiger partial charge < -0.3 is 0 Å². The van der Waals surface area contributed by atoms with Crippen LogP contribution < -0.4 is 0 Å². The summed E-state index contributed by atoms with van der Waals surface area (Å²) < 4.78 is 0. The summed E-state index contributed by atoms with van der Waals surface area (Å²) in [4.78, 5) is 0. The molecule has 0 heterocycles. The highest BCUT2D eigenvalue weighted by Crippen LogP contribution is 1.65. The molecule has 0 fully saturated rings. The molecule has 2 radical (unpaired) electrons. The maximum Gasteiger partial charge on any atom is 0.167 e. The monoisotopic (exact) mass is 202 g/mol. The van der Waals surface area contributed by atoms with Gasteiger partial charge in [-0.15, -0.1) is 0 Å². The van der Waals surface area contributed by atoms with E-state index in [9.17, 15) is 0 Å². The van der Waals surface area contributed by atoms with Gasteiger partial charge in [0.2, 0.25) is 0 Å². The van der Waals surface area contributed by atoms with E-state index in [1.54, 1.807) is 0 Å². The SMILES string of the molecule is C.C.C.C.C.C.C.C.[B]P=S. The Hall–Kier alpha value is 0.585. The lowest BCUT2D eigenvalue weighted by molar-refractivity contribution is 2.50. The van der Waals surface area contributed by atoms with Crippen LogP contribution in [0.2, 0.25) is 0 Å². The van der Waals surface area contributed by atoms with E-state index in [0.717, 1.165) is 0 Å². The summed E-state index contributed by atoms with van der Waals surface area (Å²) >= 11 is 4.14. The summed E-state index contributed by atoms with van der Waals surface area (Å²) in [5.74, 6) is 0. The van der Waals surface area contributed by atoms with Crippen LogP contribution >= 0.6 is 7.23 Å². The standard InChI is InChI=1S/8CH4.BPS/c;;;;;;;;1-2-3/h8*1H4;. The second-order valence-corrected chi connectivity index (χ2v) is 0.949. The van der Waals surface area contributed by atoms with Crippen LogP contribution in [0.4, 0.5) is 0 Å². The molecule has 0 aromatic carbocycles. The first-order chi connectivity index (χ1) is 1.41. The predicted octanol–water partition coefficient (Wildman–Crippen LogP) is 5.57. The van der Waals surface area contributed by atoms with Crippen LogP contribution in [0, 0.1) is 0 Å². The van der Waals surface area contributed by atoms with Crippen molar-refractivity contribution in [1.82, 2.24) is 0 Å². The highest BCUT2D eigenvalue weighted by molar-refractivity contribution is 8.07. The molecule has 0 unspecified atom stereocenters. The zero-order valence-corrected chi connectivity index (χ0v) is 3.14. The van der Waals surface area contributed by atoms with Gasteiger partial charge in [-0.05, 0) is 0 Å². The molecule has 0 N–H and O–H groups in total. The minimum absolute atomic E-state index is 0. The van der Waals surface area contributed by atoms with Crippen LogP contribution in [-0.4, -0.2) is 7.57 Å². The van der Waals surface area contributed by atoms with E-state index >= 15 is 0 Å². The third-order valence-corrected chi connectivity index (χ3v) is 0. The van der Waals surface area contributed by atoms with E-state index in [0.29, 0.717) is 7.23 Å².